The Kier molecular flexibility index (Phi) is 6.22. The highest BCUT2D eigenvalue weighted by molar-refractivity contribution is 5.22. The van der Waals surface area contributed by atoms with E-state index < -0.39 is 11.6 Å². The maximum absolute atomic E-state index is 13.6. The highest BCUT2D eigenvalue weighted by atomic mass is 19.1. The van der Waals surface area contributed by atoms with Gasteiger partial charge in [0.2, 0.25) is 0 Å². The highest BCUT2D eigenvalue weighted by Gasteiger charge is 2.15. The molecule has 1 aromatic rings. The lowest BCUT2D eigenvalue weighted by Crippen LogP contribution is -2.32. The molecule has 0 radical (unpaired) electrons. The topological polar surface area (TPSA) is 38.0 Å². The summed E-state index contributed by atoms with van der Waals surface area (Å²) in [4.78, 5) is 0. The predicted octanol–water partition coefficient (Wildman–Crippen LogP) is 2.99. The van der Waals surface area contributed by atoms with Crippen molar-refractivity contribution < 1.29 is 8.78 Å². The molecule has 2 nitrogen and oxygen atoms in total. The van der Waals surface area contributed by atoms with Gasteiger partial charge in [0.15, 0.2) is 0 Å². The van der Waals surface area contributed by atoms with Gasteiger partial charge in [-0.3, -0.25) is 0 Å². The zero-order valence-corrected chi connectivity index (χ0v) is 11.0. The molecule has 1 rings (SSSR count). The van der Waals surface area contributed by atoms with Crippen LogP contribution in [-0.2, 0) is 0 Å². The summed E-state index contributed by atoms with van der Waals surface area (Å²) in [5.74, 6) is -0.544. The van der Waals surface area contributed by atoms with Gasteiger partial charge in [0.05, 0.1) is 0 Å². The third-order valence-electron chi connectivity index (χ3n) is 3.38. The highest BCUT2D eigenvalue weighted by Crippen LogP contribution is 2.18. The van der Waals surface area contributed by atoms with Crippen molar-refractivity contribution in [2.75, 3.05) is 13.1 Å². The van der Waals surface area contributed by atoms with Crippen LogP contribution >= 0.6 is 0 Å². The van der Waals surface area contributed by atoms with Gasteiger partial charge < -0.3 is 11.1 Å². The molecule has 1 aromatic carbocycles. The first-order valence-electron chi connectivity index (χ1n) is 6.50. The van der Waals surface area contributed by atoms with E-state index in [0.717, 1.165) is 25.5 Å². The minimum atomic E-state index is -0.563. The SMILES string of the molecule is CCC(CC)CNC(CN)c1ccc(F)cc1F. The van der Waals surface area contributed by atoms with Gasteiger partial charge in [-0.1, -0.05) is 32.8 Å². The fraction of sp³-hybridized carbons (Fsp3) is 0.571. The largest absolute Gasteiger partial charge is 0.329 e. The van der Waals surface area contributed by atoms with Crippen LogP contribution in [0.3, 0.4) is 0 Å². The molecule has 0 aliphatic rings. The Hall–Kier alpha value is -1.00. The smallest absolute Gasteiger partial charge is 0.130 e. The second-order valence-electron chi connectivity index (χ2n) is 4.54. The Balaban J connectivity index is 2.71. The van der Waals surface area contributed by atoms with Gasteiger partial charge in [-0.2, -0.15) is 0 Å². The van der Waals surface area contributed by atoms with E-state index in [1.807, 2.05) is 0 Å². The van der Waals surface area contributed by atoms with Crippen molar-refractivity contribution in [3.05, 3.63) is 35.4 Å². The number of hydrogen-bond acceptors (Lipinski definition) is 2. The average molecular weight is 256 g/mol. The molecule has 0 saturated carbocycles. The van der Waals surface area contributed by atoms with Gasteiger partial charge in [-0.05, 0) is 18.5 Å². The van der Waals surface area contributed by atoms with Crippen molar-refractivity contribution in [3.63, 3.8) is 0 Å². The molecule has 4 heteroatoms. The molecule has 0 amide bonds. The number of benzene rings is 1. The van der Waals surface area contributed by atoms with Crippen LogP contribution in [0, 0.1) is 17.6 Å². The van der Waals surface area contributed by atoms with E-state index in [1.54, 1.807) is 0 Å². The first-order valence-corrected chi connectivity index (χ1v) is 6.50. The van der Waals surface area contributed by atoms with Crippen molar-refractivity contribution >= 4 is 0 Å². The Morgan fingerprint density at radius 2 is 1.89 bits per heavy atom. The lowest BCUT2D eigenvalue weighted by atomic mass is 10.0. The van der Waals surface area contributed by atoms with Gasteiger partial charge in [0, 0.05) is 24.2 Å². The number of halogens is 2. The molecule has 3 N–H and O–H groups in total. The lowest BCUT2D eigenvalue weighted by molar-refractivity contribution is 0.407. The van der Waals surface area contributed by atoms with Crippen LogP contribution in [-0.4, -0.2) is 13.1 Å². The molecule has 0 bridgehead atoms. The van der Waals surface area contributed by atoms with E-state index in [4.69, 9.17) is 5.73 Å². The second-order valence-corrected chi connectivity index (χ2v) is 4.54. The maximum atomic E-state index is 13.6. The molecule has 0 saturated heterocycles. The Morgan fingerprint density at radius 3 is 2.39 bits per heavy atom. The van der Waals surface area contributed by atoms with E-state index in [-0.39, 0.29) is 6.04 Å². The van der Waals surface area contributed by atoms with Gasteiger partial charge in [0.25, 0.3) is 0 Å². The molecule has 0 fully saturated rings. The summed E-state index contributed by atoms with van der Waals surface area (Å²) in [7, 11) is 0. The first kappa shape index (κ1) is 15.1. The van der Waals surface area contributed by atoms with E-state index in [1.165, 1.54) is 12.1 Å². The predicted molar refractivity (Wildman–Crippen MR) is 70.2 cm³/mol. The van der Waals surface area contributed by atoms with Crippen LogP contribution in [0.2, 0.25) is 0 Å². The molecule has 0 aliphatic heterocycles. The summed E-state index contributed by atoms with van der Waals surface area (Å²) < 4.78 is 26.5. The first-order chi connectivity index (χ1) is 8.62. The Bertz CT molecular complexity index is 365. The van der Waals surface area contributed by atoms with E-state index in [9.17, 15) is 8.78 Å². The minimum Gasteiger partial charge on any atom is -0.329 e. The zero-order chi connectivity index (χ0) is 13.5. The molecule has 1 unspecified atom stereocenters. The van der Waals surface area contributed by atoms with Crippen LogP contribution in [0.1, 0.15) is 38.3 Å². The molecule has 0 aliphatic carbocycles. The molecular formula is C14H22F2N2. The fourth-order valence-corrected chi connectivity index (χ4v) is 1.99. The Morgan fingerprint density at radius 1 is 1.22 bits per heavy atom. The van der Waals surface area contributed by atoms with Crippen LogP contribution in [0.15, 0.2) is 18.2 Å². The monoisotopic (exact) mass is 256 g/mol. The maximum Gasteiger partial charge on any atom is 0.130 e. The van der Waals surface area contributed by atoms with Crippen molar-refractivity contribution in [1.82, 2.24) is 5.32 Å². The summed E-state index contributed by atoms with van der Waals surface area (Å²) in [6, 6.07) is 3.37. The molecule has 0 aromatic heterocycles. The van der Waals surface area contributed by atoms with Gasteiger partial charge >= 0.3 is 0 Å². The molecule has 0 spiro atoms. The van der Waals surface area contributed by atoms with Crippen molar-refractivity contribution in [2.24, 2.45) is 11.7 Å². The zero-order valence-electron chi connectivity index (χ0n) is 11.0. The number of nitrogens with two attached hydrogens (primary N) is 1. The standard InChI is InChI=1S/C14H22F2N2/c1-3-10(4-2)9-18-14(8-17)12-6-5-11(15)7-13(12)16/h5-7,10,14,18H,3-4,8-9,17H2,1-2H3. The van der Waals surface area contributed by atoms with Crippen molar-refractivity contribution in [1.29, 1.82) is 0 Å². The average Bonchev–Trinajstić information content (AvgIpc) is 2.36. The molecule has 1 atom stereocenters. The summed E-state index contributed by atoms with van der Waals surface area (Å²) >= 11 is 0. The summed E-state index contributed by atoms with van der Waals surface area (Å²) in [5, 5.41) is 3.26. The number of hydrogen-bond donors (Lipinski definition) is 2. The summed E-state index contributed by atoms with van der Waals surface area (Å²) in [6.45, 7) is 5.35. The van der Waals surface area contributed by atoms with Gasteiger partial charge in [-0.25, -0.2) is 8.78 Å². The fourth-order valence-electron chi connectivity index (χ4n) is 1.99. The number of rotatable bonds is 7. The lowest BCUT2D eigenvalue weighted by Gasteiger charge is -2.21. The van der Waals surface area contributed by atoms with E-state index in [0.29, 0.717) is 18.0 Å². The normalized spacial score (nSPS) is 13.0. The van der Waals surface area contributed by atoms with Gasteiger partial charge in [0.1, 0.15) is 11.6 Å². The van der Waals surface area contributed by atoms with Crippen LogP contribution in [0.5, 0.6) is 0 Å². The third-order valence-corrected chi connectivity index (χ3v) is 3.38. The Labute approximate surface area is 108 Å². The van der Waals surface area contributed by atoms with Crippen LogP contribution in [0.25, 0.3) is 0 Å². The van der Waals surface area contributed by atoms with Crippen LogP contribution < -0.4 is 11.1 Å². The molecule has 18 heavy (non-hydrogen) atoms. The second kappa shape index (κ2) is 7.44. The quantitative estimate of drug-likeness (QED) is 0.787. The molecular weight excluding hydrogens is 234 g/mol. The molecule has 102 valence electrons. The minimum absolute atomic E-state index is 0.258. The van der Waals surface area contributed by atoms with E-state index >= 15 is 0 Å². The number of nitrogens with one attached hydrogen (secondary N) is 1. The summed E-state index contributed by atoms with van der Waals surface area (Å²) in [5.41, 5.74) is 6.09. The summed E-state index contributed by atoms with van der Waals surface area (Å²) in [6.07, 6.45) is 2.15. The van der Waals surface area contributed by atoms with Crippen molar-refractivity contribution in [3.8, 4) is 0 Å². The van der Waals surface area contributed by atoms with E-state index in [2.05, 4.69) is 19.2 Å². The van der Waals surface area contributed by atoms with Crippen molar-refractivity contribution in [2.45, 2.75) is 32.7 Å². The van der Waals surface area contributed by atoms with Gasteiger partial charge in [-0.15, -0.1) is 0 Å². The van der Waals surface area contributed by atoms with Crippen LogP contribution in [0.4, 0.5) is 8.78 Å². The molecule has 0 heterocycles. The third kappa shape index (κ3) is 4.03.